The van der Waals surface area contributed by atoms with Gasteiger partial charge >= 0.3 is 0 Å². The molecule has 1 fully saturated rings. The topological polar surface area (TPSA) is 16.1 Å². The van der Waals surface area contributed by atoms with Crippen LogP contribution in [0.5, 0.6) is 0 Å². The molecule has 2 aromatic heterocycles. The average molecular weight is 323 g/mol. The van der Waals surface area contributed by atoms with E-state index in [1.165, 1.54) is 18.4 Å². The van der Waals surface area contributed by atoms with Crippen molar-refractivity contribution in [3.63, 3.8) is 0 Å². The fraction of sp³-hybridized carbons (Fsp3) is 0.357. The number of pyridine rings is 1. The molecule has 94 valence electrons. The Labute approximate surface area is 120 Å². The zero-order valence-electron chi connectivity index (χ0n) is 10.3. The van der Waals surface area contributed by atoms with Crippen LogP contribution in [0.3, 0.4) is 0 Å². The highest BCUT2D eigenvalue weighted by molar-refractivity contribution is 9.10. The van der Waals surface area contributed by atoms with Gasteiger partial charge in [-0.25, -0.2) is 4.98 Å². The maximum Gasteiger partial charge on any atom is 0.129 e. The van der Waals surface area contributed by atoms with Crippen LogP contribution in [0, 0.1) is 6.92 Å². The van der Waals surface area contributed by atoms with Gasteiger partial charge in [-0.3, -0.25) is 0 Å². The Morgan fingerprint density at radius 1 is 1.39 bits per heavy atom. The molecule has 1 aliphatic rings. The van der Waals surface area contributed by atoms with Gasteiger partial charge in [-0.1, -0.05) is 0 Å². The van der Waals surface area contributed by atoms with Gasteiger partial charge in [0.05, 0.1) is 5.69 Å². The van der Waals surface area contributed by atoms with Crippen LogP contribution in [-0.4, -0.2) is 11.0 Å². The second-order valence-corrected chi connectivity index (χ2v) is 6.36. The van der Waals surface area contributed by atoms with E-state index in [2.05, 4.69) is 49.8 Å². The number of rotatable bonds is 4. The van der Waals surface area contributed by atoms with Crippen molar-refractivity contribution >= 4 is 33.1 Å². The fourth-order valence-electron chi connectivity index (χ4n) is 2.05. The van der Waals surface area contributed by atoms with Gasteiger partial charge in [0.25, 0.3) is 0 Å². The predicted molar refractivity (Wildman–Crippen MR) is 80.2 cm³/mol. The first kappa shape index (κ1) is 12.2. The number of aromatic nitrogens is 1. The molecule has 2 nitrogen and oxygen atoms in total. The molecule has 2 aromatic rings. The minimum Gasteiger partial charge on any atom is -0.349 e. The van der Waals surface area contributed by atoms with Crippen molar-refractivity contribution in [3.05, 3.63) is 44.7 Å². The van der Waals surface area contributed by atoms with Crippen molar-refractivity contribution in [1.82, 2.24) is 4.98 Å². The smallest absolute Gasteiger partial charge is 0.129 e. The summed E-state index contributed by atoms with van der Waals surface area (Å²) in [5.74, 6) is 1.10. The molecule has 2 heterocycles. The number of thiophene rings is 1. The summed E-state index contributed by atoms with van der Waals surface area (Å²) in [6.07, 6.45) is 2.59. The van der Waals surface area contributed by atoms with E-state index in [0.29, 0.717) is 6.04 Å². The van der Waals surface area contributed by atoms with Crippen LogP contribution in [0.4, 0.5) is 5.82 Å². The molecule has 0 amide bonds. The van der Waals surface area contributed by atoms with E-state index in [4.69, 9.17) is 4.98 Å². The van der Waals surface area contributed by atoms with Gasteiger partial charge in [0.2, 0.25) is 0 Å². The first-order valence-electron chi connectivity index (χ1n) is 6.15. The van der Waals surface area contributed by atoms with Crippen molar-refractivity contribution in [1.29, 1.82) is 0 Å². The Balaban J connectivity index is 1.86. The zero-order valence-corrected chi connectivity index (χ0v) is 12.7. The van der Waals surface area contributed by atoms with E-state index in [0.717, 1.165) is 22.5 Å². The lowest BCUT2D eigenvalue weighted by Gasteiger charge is -2.23. The molecular formula is C14H15BrN2S. The fourth-order valence-corrected chi connectivity index (χ4v) is 2.93. The second kappa shape index (κ2) is 5.02. The minimum absolute atomic E-state index is 0.679. The summed E-state index contributed by atoms with van der Waals surface area (Å²) in [4.78, 5) is 7.13. The third kappa shape index (κ3) is 2.59. The van der Waals surface area contributed by atoms with E-state index >= 15 is 0 Å². The van der Waals surface area contributed by atoms with Gasteiger partial charge in [-0.05, 0) is 70.2 Å². The van der Waals surface area contributed by atoms with Crippen molar-refractivity contribution in [2.45, 2.75) is 32.4 Å². The molecule has 1 saturated carbocycles. The van der Waals surface area contributed by atoms with Crippen LogP contribution in [-0.2, 0) is 6.54 Å². The Kier molecular flexibility index (Phi) is 3.39. The second-order valence-electron chi connectivity index (χ2n) is 4.73. The number of aryl methyl sites for hydroxylation is 1. The van der Waals surface area contributed by atoms with Crippen LogP contribution in [0.1, 0.15) is 24.1 Å². The molecule has 0 N–H and O–H groups in total. The van der Waals surface area contributed by atoms with E-state index in [-0.39, 0.29) is 0 Å². The summed E-state index contributed by atoms with van der Waals surface area (Å²) in [5.41, 5.74) is 2.44. The van der Waals surface area contributed by atoms with Gasteiger partial charge in [-0.2, -0.15) is 11.3 Å². The van der Waals surface area contributed by atoms with Gasteiger partial charge in [0, 0.05) is 17.1 Å². The molecule has 0 radical (unpaired) electrons. The molecule has 0 atom stereocenters. The lowest BCUT2D eigenvalue weighted by molar-refractivity contribution is 0.777. The molecule has 18 heavy (non-hydrogen) atoms. The van der Waals surface area contributed by atoms with E-state index < -0.39 is 0 Å². The molecule has 0 saturated heterocycles. The van der Waals surface area contributed by atoms with E-state index in [9.17, 15) is 0 Å². The van der Waals surface area contributed by atoms with Gasteiger partial charge in [0.1, 0.15) is 5.82 Å². The summed E-state index contributed by atoms with van der Waals surface area (Å²) in [6, 6.07) is 7.09. The normalized spacial score (nSPS) is 14.8. The van der Waals surface area contributed by atoms with Crippen molar-refractivity contribution in [2.24, 2.45) is 0 Å². The monoisotopic (exact) mass is 322 g/mol. The van der Waals surface area contributed by atoms with Crippen molar-refractivity contribution < 1.29 is 0 Å². The molecular weight excluding hydrogens is 308 g/mol. The molecule has 0 unspecified atom stereocenters. The summed E-state index contributed by atoms with van der Waals surface area (Å²) in [6.45, 7) is 3.02. The standard InChI is InChI=1S/C14H15BrN2S/c1-10-13(15)4-5-14(16-10)17(12-2-3-12)8-11-6-7-18-9-11/h4-7,9,12H,2-3,8H2,1H3. The lowest BCUT2D eigenvalue weighted by atomic mass is 10.3. The minimum atomic E-state index is 0.679. The lowest BCUT2D eigenvalue weighted by Crippen LogP contribution is -2.25. The first-order chi connectivity index (χ1) is 8.74. The third-order valence-electron chi connectivity index (χ3n) is 3.22. The van der Waals surface area contributed by atoms with Crippen LogP contribution in [0.15, 0.2) is 33.4 Å². The average Bonchev–Trinajstić information content (AvgIpc) is 3.07. The number of nitrogens with zero attached hydrogens (tertiary/aromatic N) is 2. The van der Waals surface area contributed by atoms with Crippen molar-refractivity contribution in [3.8, 4) is 0 Å². The predicted octanol–water partition coefficient (Wildman–Crippen LogP) is 4.38. The highest BCUT2D eigenvalue weighted by Gasteiger charge is 2.30. The van der Waals surface area contributed by atoms with Crippen LogP contribution < -0.4 is 4.90 Å². The number of hydrogen-bond donors (Lipinski definition) is 0. The molecule has 0 bridgehead atoms. The van der Waals surface area contributed by atoms with Gasteiger partial charge in [0.15, 0.2) is 0 Å². The Morgan fingerprint density at radius 3 is 2.83 bits per heavy atom. The molecule has 0 aromatic carbocycles. The van der Waals surface area contributed by atoms with E-state index in [1.807, 2.05) is 6.92 Å². The highest BCUT2D eigenvalue weighted by Crippen LogP contribution is 2.33. The van der Waals surface area contributed by atoms with Crippen LogP contribution >= 0.6 is 27.3 Å². The summed E-state index contributed by atoms with van der Waals surface area (Å²) in [7, 11) is 0. The highest BCUT2D eigenvalue weighted by atomic mass is 79.9. The molecule has 1 aliphatic carbocycles. The molecule has 0 spiro atoms. The Hall–Kier alpha value is -0.870. The number of hydrogen-bond acceptors (Lipinski definition) is 3. The van der Waals surface area contributed by atoms with Crippen LogP contribution in [0.2, 0.25) is 0 Å². The molecule has 3 rings (SSSR count). The maximum absolute atomic E-state index is 4.70. The molecule has 0 aliphatic heterocycles. The number of halogens is 1. The number of anilines is 1. The SMILES string of the molecule is Cc1nc(N(Cc2ccsc2)C2CC2)ccc1Br. The summed E-state index contributed by atoms with van der Waals surface area (Å²) < 4.78 is 1.08. The van der Waals surface area contributed by atoms with E-state index in [1.54, 1.807) is 11.3 Å². The Bertz CT molecular complexity index is 535. The van der Waals surface area contributed by atoms with Crippen molar-refractivity contribution in [2.75, 3.05) is 4.90 Å². The first-order valence-corrected chi connectivity index (χ1v) is 7.88. The van der Waals surface area contributed by atoms with Gasteiger partial charge < -0.3 is 4.90 Å². The largest absolute Gasteiger partial charge is 0.349 e. The molecule has 4 heteroatoms. The summed E-state index contributed by atoms with van der Waals surface area (Å²) >= 11 is 5.27. The summed E-state index contributed by atoms with van der Waals surface area (Å²) in [5, 5.41) is 4.36. The zero-order chi connectivity index (χ0) is 12.5. The Morgan fingerprint density at radius 2 is 2.22 bits per heavy atom. The van der Waals surface area contributed by atoms with Crippen LogP contribution in [0.25, 0.3) is 0 Å². The van der Waals surface area contributed by atoms with Gasteiger partial charge in [-0.15, -0.1) is 0 Å². The maximum atomic E-state index is 4.70. The quantitative estimate of drug-likeness (QED) is 0.830. The third-order valence-corrected chi connectivity index (χ3v) is 4.79.